The van der Waals surface area contributed by atoms with Crippen LogP contribution in [-0.2, 0) is 4.79 Å². The molecule has 1 unspecified atom stereocenters. The second-order valence-electron chi connectivity index (χ2n) is 4.03. The Bertz CT molecular complexity index is 500. The number of hydrogen-bond acceptors (Lipinski definition) is 4. The highest BCUT2D eigenvalue weighted by Gasteiger charge is 2.34. The van der Waals surface area contributed by atoms with Gasteiger partial charge >= 0.3 is 0 Å². The molecule has 0 aliphatic heterocycles. The molecule has 0 heterocycles. The molecule has 0 aromatic carbocycles. The summed E-state index contributed by atoms with van der Waals surface area (Å²) in [4.78, 5) is 11.6. The minimum absolute atomic E-state index is 0.0104. The van der Waals surface area contributed by atoms with Gasteiger partial charge in [0.1, 0.15) is 17.9 Å². The van der Waals surface area contributed by atoms with Gasteiger partial charge in [0.15, 0.2) is 5.78 Å². The predicted molar refractivity (Wildman–Crippen MR) is 54.9 cm³/mol. The summed E-state index contributed by atoms with van der Waals surface area (Å²) in [6.45, 7) is 0. The van der Waals surface area contributed by atoms with Gasteiger partial charge in [0.2, 0.25) is 0 Å². The molecule has 1 N–H and O–H groups in total. The molecule has 0 radical (unpaired) electrons. The summed E-state index contributed by atoms with van der Waals surface area (Å²) in [6.07, 6.45) is 2.23. The van der Waals surface area contributed by atoms with E-state index in [1.165, 1.54) is 0 Å². The van der Waals surface area contributed by atoms with Crippen LogP contribution in [0.2, 0.25) is 0 Å². The van der Waals surface area contributed by atoms with Crippen LogP contribution >= 0.6 is 0 Å². The van der Waals surface area contributed by atoms with Crippen LogP contribution in [0.4, 0.5) is 0 Å². The van der Waals surface area contributed by atoms with Crippen molar-refractivity contribution in [3.63, 3.8) is 0 Å². The third-order valence-electron chi connectivity index (χ3n) is 3.19. The number of carbonyl (C=O) groups excluding carboxylic acids is 1. The quantitative estimate of drug-likeness (QED) is 0.667. The smallest absolute Gasteiger partial charge is 0.173 e. The molecule has 0 bridgehead atoms. The number of Topliss-reactive ketones (excluding diaryl/α,β-unsaturated/α-hetero) is 1. The Morgan fingerprint density at radius 2 is 1.75 bits per heavy atom. The van der Waals surface area contributed by atoms with E-state index in [0.717, 1.165) is 0 Å². The third kappa shape index (κ3) is 1.40. The zero-order valence-corrected chi connectivity index (χ0v) is 8.66. The maximum Gasteiger partial charge on any atom is 0.173 e. The van der Waals surface area contributed by atoms with Crippen LogP contribution in [0.25, 0.3) is 0 Å². The Hall–Kier alpha value is -2.07. The number of aliphatic hydroxyl groups excluding tert-OH is 1. The van der Waals surface area contributed by atoms with E-state index in [0.29, 0.717) is 31.3 Å². The summed E-state index contributed by atoms with van der Waals surface area (Å²) in [5, 5.41) is 27.5. The van der Waals surface area contributed by atoms with E-state index < -0.39 is 0 Å². The maximum absolute atomic E-state index is 11.6. The molecule has 0 aromatic rings. The highest BCUT2D eigenvalue weighted by atomic mass is 16.3. The monoisotopic (exact) mass is 214 g/mol. The Kier molecular flexibility index (Phi) is 2.50. The van der Waals surface area contributed by atoms with E-state index in [2.05, 4.69) is 0 Å². The minimum atomic E-state index is -0.212. The third-order valence-corrected chi connectivity index (χ3v) is 3.19. The van der Waals surface area contributed by atoms with Crippen molar-refractivity contribution in [2.75, 3.05) is 0 Å². The number of rotatable bonds is 0. The zero-order valence-electron chi connectivity index (χ0n) is 8.66. The first-order valence-electron chi connectivity index (χ1n) is 5.19. The fraction of sp³-hybridized carbons (Fsp3) is 0.417. The number of hydrogen-bond donors (Lipinski definition) is 1. The summed E-state index contributed by atoms with van der Waals surface area (Å²) >= 11 is 0. The van der Waals surface area contributed by atoms with Crippen LogP contribution in [0.5, 0.6) is 0 Å². The number of nitrogens with zero attached hydrogens (tertiary/aromatic N) is 2. The van der Waals surface area contributed by atoms with Crippen molar-refractivity contribution in [2.24, 2.45) is 5.92 Å². The van der Waals surface area contributed by atoms with Gasteiger partial charge in [-0.05, 0) is 24.3 Å². The van der Waals surface area contributed by atoms with Crippen LogP contribution in [0.1, 0.15) is 25.7 Å². The molecule has 0 fully saturated rings. The van der Waals surface area contributed by atoms with Gasteiger partial charge in [-0.2, -0.15) is 10.5 Å². The molecule has 1 atom stereocenters. The summed E-state index contributed by atoms with van der Waals surface area (Å²) in [5.41, 5.74) is 0.685. The number of allylic oxidation sites excluding steroid dienone is 4. The number of ketones is 1. The Morgan fingerprint density at radius 1 is 1.12 bits per heavy atom. The molecule has 2 aliphatic carbocycles. The van der Waals surface area contributed by atoms with E-state index in [1.807, 2.05) is 12.1 Å². The molecule has 16 heavy (non-hydrogen) atoms. The molecular formula is C12H10N2O2. The molecule has 0 spiro atoms. The highest BCUT2D eigenvalue weighted by Crippen LogP contribution is 2.40. The van der Waals surface area contributed by atoms with Gasteiger partial charge in [-0.15, -0.1) is 0 Å². The second-order valence-corrected chi connectivity index (χ2v) is 4.03. The lowest BCUT2D eigenvalue weighted by Crippen LogP contribution is -2.23. The molecule has 80 valence electrons. The van der Waals surface area contributed by atoms with E-state index in [1.54, 1.807) is 0 Å². The average Bonchev–Trinajstić information content (AvgIpc) is 2.29. The maximum atomic E-state index is 11.6. The van der Waals surface area contributed by atoms with Crippen LogP contribution in [0.15, 0.2) is 22.5 Å². The summed E-state index contributed by atoms with van der Waals surface area (Å²) < 4.78 is 0. The molecular weight excluding hydrogens is 204 g/mol. The van der Waals surface area contributed by atoms with E-state index in [9.17, 15) is 9.90 Å². The van der Waals surface area contributed by atoms with E-state index in [4.69, 9.17) is 10.5 Å². The van der Waals surface area contributed by atoms with Gasteiger partial charge in [-0.1, -0.05) is 0 Å². The molecule has 0 amide bonds. The van der Waals surface area contributed by atoms with Crippen molar-refractivity contribution >= 4 is 5.78 Å². The summed E-state index contributed by atoms with van der Waals surface area (Å²) in [5.74, 6) is -0.120. The lowest BCUT2D eigenvalue weighted by molar-refractivity contribution is -0.116. The zero-order chi connectivity index (χ0) is 11.7. The number of nitriles is 2. The Morgan fingerprint density at radius 3 is 2.38 bits per heavy atom. The van der Waals surface area contributed by atoms with Crippen LogP contribution in [0.3, 0.4) is 0 Å². The van der Waals surface area contributed by atoms with Crippen molar-refractivity contribution in [3.8, 4) is 12.1 Å². The van der Waals surface area contributed by atoms with Crippen LogP contribution in [-0.4, -0.2) is 10.9 Å². The Labute approximate surface area is 93.1 Å². The number of fused-ring (bicyclic) bond motifs is 1. The fourth-order valence-corrected chi connectivity index (χ4v) is 2.39. The van der Waals surface area contributed by atoms with E-state index in [-0.39, 0.29) is 28.6 Å². The van der Waals surface area contributed by atoms with Crippen LogP contribution < -0.4 is 0 Å². The number of carbonyl (C=O) groups is 1. The van der Waals surface area contributed by atoms with Crippen molar-refractivity contribution in [3.05, 3.63) is 22.5 Å². The van der Waals surface area contributed by atoms with Crippen molar-refractivity contribution < 1.29 is 9.90 Å². The first-order chi connectivity index (χ1) is 7.69. The number of aliphatic hydroxyl groups is 1. The fourth-order valence-electron chi connectivity index (χ4n) is 2.39. The largest absolute Gasteiger partial charge is 0.511 e. The minimum Gasteiger partial charge on any atom is -0.511 e. The lowest BCUT2D eigenvalue weighted by Gasteiger charge is -2.29. The lowest BCUT2D eigenvalue weighted by atomic mass is 9.73. The second kappa shape index (κ2) is 3.83. The molecule has 0 aromatic heterocycles. The van der Waals surface area contributed by atoms with Crippen molar-refractivity contribution in [1.29, 1.82) is 10.5 Å². The van der Waals surface area contributed by atoms with Gasteiger partial charge < -0.3 is 5.11 Å². The van der Waals surface area contributed by atoms with Gasteiger partial charge in [0, 0.05) is 12.8 Å². The van der Waals surface area contributed by atoms with Crippen molar-refractivity contribution in [1.82, 2.24) is 0 Å². The van der Waals surface area contributed by atoms with E-state index >= 15 is 0 Å². The first kappa shape index (κ1) is 10.4. The van der Waals surface area contributed by atoms with Gasteiger partial charge in [0.05, 0.1) is 11.1 Å². The highest BCUT2D eigenvalue weighted by molar-refractivity contribution is 6.01. The molecule has 4 nitrogen and oxygen atoms in total. The first-order valence-corrected chi connectivity index (χ1v) is 5.19. The molecule has 2 aliphatic rings. The molecule has 0 saturated carbocycles. The Balaban J connectivity index is 2.66. The summed E-state index contributed by atoms with van der Waals surface area (Å²) in [7, 11) is 0. The predicted octanol–water partition coefficient (Wildman–Crippen LogP) is 1.92. The van der Waals surface area contributed by atoms with Gasteiger partial charge in [-0.3, -0.25) is 4.79 Å². The van der Waals surface area contributed by atoms with Crippen molar-refractivity contribution in [2.45, 2.75) is 25.7 Å². The normalized spacial score (nSPS) is 24.9. The average molecular weight is 214 g/mol. The van der Waals surface area contributed by atoms with Gasteiger partial charge in [0.25, 0.3) is 0 Å². The molecule has 2 rings (SSSR count). The molecule has 4 heteroatoms. The molecule has 0 saturated heterocycles. The van der Waals surface area contributed by atoms with Crippen LogP contribution in [0, 0.1) is 28.6 Å². The van der Waals surface area contributed by atoms with Gasteiger partial charge in [-0.25, -0.2) is 0 Å². The standard InChI is InChI=1S/C12H10N2O2/c13-5-8-10(15)3-1-7-2-4-11(16)9(6-14)12(7)8/h7,15H,1-4H2. The summed E-state index contributed by atoms with van der Waals surface area (Å²) in [6, 6.07) is 3.78. The topological polar surface area (TPSA) is 84.9 Å². The SMILES string of the molecule is N#CC1=C(O)CCC2CCC(=O)C(C#N)=C12.